The lowest BCUT2D eigenvalue weighted by molar-refractivity contribution is -0.119. The summed E-state index contributed by atoms with van der Waals surface area (Å²) in [6, 6.07) is 9.28. The zero-order valence-electron chi connectivity index (χ0n) is 13.6. The van der Waals surface area contributed by atoms with Crippen LogP contribution >= 0.6 is 23.4 Å². The minimum atomic E-state index is -0.803. The van der Waals surface area contributed by atoms with Crippen molar-refractivity contribution in [2.45, 2.75) is 30.5 Å². The number of nitrogens with zero attached hydrogens (tertiary/aromatic N) is 4. The number of aromatic nitrogens is 3. The van der Waals surface area contributed by atoms with Gasteiger partial charge in [-0.1, -0.05) is 23.4 Å². The van der Waals surface area contributed by atoms with Gasteiger partial charge in [0, 0.05) is 10.6 Å². The molecule has 1 saturated carbocycles. The fraction of sp³-hybridized carbons (Fsp3) is 0.375. The molecule has 1 atom stereocenters. The number of nitriles is 1. The molecule has 1 aromatic carbocycles. The molecule has 3 N–H and O–H groups in total. The molecule has 2 aromatic rings. The van der Waals surface area contributed by atoms with Crippen LogP contribution in [0.3, 0.4) is 0 Å². The summed E-state index contributed by atoms with van der Waals surface area (Å²) in [5.41, 5.74) is -0.0239. The van der Waals surface area contributed by atoms with Crippen molar-refractivity contribution < 1.29 is 4.79 Å². The van der Waals surface area contributed by atoms with Crippen LogP contribution in [0, 0.1) is 17.2 Å². The topological polar surface area (TPSA) is 110 Å². The number of carbonyl (C=O) groups excluding carboxylic acids is 1. The molecule has 1 aromatic heterocycles. The summed E-state index contributed by atoms with van der Waals surface area (Å²) >= 11 is 7.05. The van der Waals surface area contributed by atoms with E-state index in [1.165, 1.54) is 16.4 Å². The van der Waals surface area contributed by atoms with Crippen molar-refractivity contribution in [3.63, 3.8) is 0 Å². The molecule has 0 spiro atoms. The predicted octanol–water partition coefficient (Wildman–Crippen LogP) is 2.21. The highest BCUT2D eigenvalue weighted by Crippen LogP contribution is 2.39. The number of carbonyl (C=O) groups is 1. The standard InChI is InChI=1S/C16H17ClN6OS/c1-16(9-18,11-4-5-11)20-13(24)8-25-15-22-21-14(23(15)19)10-2-6-12(17)7-3-10/h2-3,6-7,11H,4-5,8,19H2,1H3,(H,20,24). The molecule has 1 amide bonds. The highest BCUT2D eigenvalue weighted by atomic mass is 35.5. The summed E-state index contributed by atoms with van der Waals surface area (Å²) in [6.07, 6.45) is 1.94. The van der Waals surface area contributed by atoms with Gasteiger partial charge in [0.15, 0.2) is 5.82 Å². The average molecular weight is 377 g/mol. The molecule has 0 bridgehead atoms. The number of hydrogen-bond acceptors (Lipinski definition) is 6. The molecule has 0 aliphatic heterocycles. The lowest BCUT2D eigenvalue weighted by atomic mass is 9.98. The van der Waals surface area contributed by atoms with Crippen molar-refractivity contribution in [2.24, 2.45) is 5.92 Å². The minimum Gasteiger partial charge on any atom is -0.337 e. The van der Waals surface area contributed by atoms with Gasteiger partial charge in [-0.3, -0.25) is 4.79 Å². The summed E-state index contributed by atoms with van der Waals surface area (Å²) in [5.74, 6) is 6.63. The normalized spacial score (nSPS) is 16.0. The van der Waals surface area contributed by atoms with E-state index in [1.54, 1.807) is 31.2 Å². The fourth-order valence-electron chi connectivity index (χ4n) is 2.51. The molecule has 7 nitrogen and oxygen atoms in total. The van der Waals surface area contributed by atoms with E-state index in [0.29, 0.717) is 16.0 Å². The maximum atomic E-state index is 12.2. The van der Waals surface area contributed by atoms with Crippen LogP contribution < -0.4 is 11.2 Å². The molecule has 1 heterocycles. The molecular weight excluding hydrogens is 360 g/mol. The van der Waals surface area contributed by atoms with Gasteiger partial charge in [0.25, 0.3) is 0 Å². The largest absolute Gasteiger partial charge is 0.337 e. The summed E-state index contributed by atoms with van der Waals surface area (Å²) in [6.45, 7) is 1.76. The molecule has 1 aliphatic carbocycles. The van der Waals surface area contributed by atoms with Gasteiger partial charge in [-0.2, -0.15) is 5.26 Å². The Hall–Kier alpha value is -2.24. The first-order valence-electron chi connectivity index (χ1n) is 7.74. The fourth-order valence-corrected chi connectivity index (χ4v) is 3.29. The molecule has 25 heavy (non-hydrogen) atoms. The van der Waals surface area contributed by atoms with Gasteiger partial charge in [0.2, 0.25) is 11.1 Å². The second-order valence-electron chi connectivity index (χ2n) is 6.11. The monoisotopic (exact) mass is 376 g/mol. The number of thioether (sulfide) groups is 1. The smallest absolute Gasteiger partial charge is 0.231 e. The quantitative estimate of drug-likeness (QED) is 0.590. The Labute approximate surface area is 154 Å². The van der Waals surface area contributed by atoms with E-state index >= 15 is 0 Å². The van der Waals surface area contributed by atoms with Crippen molar-refractivity contribution in [2.75, 3.05) is 11.6 Å². The zero-order chi connectivity index (χ0) is 18.0. The first-order chi connectivity index (χ1) is 11.9. The van der Waals surface area contributed by atoms with Gasteiger partial charge in [-0.25, -0.2) is 4.68 Å². The Morgan fingerprint density at radius 2 is 2.16 bits per heavy atom. The van der Waals surface area contributed by atoms with Crippen LogP contribution in [0.25, 0.3) is 11.4 Å². The number of halogens is 1. The maximum Gasteiger partial charge on any atom is 0.231 e. The van der Waals surface area contributed by atoms with Gasteiger partial charge in [-0.05, 0) is 49.9 Å². The molecule has 1 aliphatic rings. The third-order valence-electron chi connectivity index (χ3n) is 4.12. The Balaban J connectivity index is 1.63. The summed E-state index contributed by atoms with van der Waals surface area (Å²) in [7, 11) is 0. The van der Waals surface area contributed by atoms with Gasteiger partial charge in [-0.15, -0.1) is 10.2 Å². The lowest BCUT2D eigenvalue weighted by Crippen LogP contribution is -2.47. The number of rotatable bonds is 6. The minimum absolute atomic E-state index is 0.111. The Morgan fingerprint density at radius 1 is 1.48 bits per heavy atom. The SMILES string of the molecule is CC(C#N)(NC(=O)CSc1nnc(-c2ccc(Cl)cc2)n1N)C1CC1. The van der Waals surface area contributed by atoms with Crippen LogP contribution in [0.15, 0.2) is 29.4 Å². The van der Waals surface area contributed by atoms with Crippen LogP contribution in [-0.4, -0.2) is 32.1 Å². The number of hydrogen-bond donors (Lipinski definition) is 2. The number of benzene rings is 1. The van der Waals surface area contributed by atoms with E-state index in [-0.39, 0.29) is 17.6 Å². The summed E-state index contributed by atoms with van der Waals surface area (Å²) < 4.78 is 1.34. The second kappa shape index (κ2) is 6.94. The molecule has 0 radical (unpaired) electrons. The lowest BCUT2D eigenvalue weighted by Gasteiger charge is -2.22. The first-order valence-corrected chi connectivity index (χ1v) is 9.11. The van der Waals surface area contributed by atoms with E-state index in [0.717, 1.165) is 18.4 Å². The maximum absolute atomic E-state index is 12.2. The van der Waals surface area contributed by atoms with Crippen LogP contribution in [0.1, 0.15) is 19.8 Å². The van der Waals surface area contributed by atoms with Crippen LogP contribution in [0.2, 0.25) is 5.02 Å². The molecular formula is C16H17ClN6OS. The summed E-state index contributed by atoms with van der Waals surface area (Å²) in [4.78, 5) is 12.2. The number of nitrogens with two attached hydrogens (primary N) is 1. The summed E-state index contributed by atoms with van der Waals surface area (Å²) in [5, 5.41) is 21.2. The molecule has 130 valence electrons. The van der Waals surface area contributed by atoms with Crippen molar-refractivity contribution in [3.05, 3.63) is 29.3 Å². The van der Waals surface area contributed by atoms with E-state index < -0.39 is 5.54 Å². The predicted molar refractivity (Wildman–Crippen MR) is 96.2 cm³/mol. The van der Waals surface area contributed by atoms with Crippen LogP contribution in [0.4, 0.5) is 0 Å². The van der Waals surface area contributed by atoms with Crippen molar-refractivity contribution in [3.8, 4) is 17.5 Å². The molecule has 0 saturated heterocycles. The number of nitrogen functional groups attached to an aromatic ring is 1. The van der Waals surface area contributed by atoms with Gasteiger partial charge < -0.3 is 11.2 Å². The third kappa shape index (κ3) is 3.89. The third-order valence-corrected chi connectivity index (χ3v) is 5.32. The Kier molecular flexibility index (Phi) is 4.88. The van der Waals surface area contributed by atoms with Crippen LogP contribution in [-0.2, 0) is 4.79 Å². The van der Waals surface area contributed by atoms with E-state index in [2.05, 4.69) is 21.6 Å². The first kappa shape index (κ1) is 17.6. The Morgan fingerprint density at radius 3 is 2.76 bits per heavy atom. The van der Waals surface area contributed by atoms with Gasteiger partial charge in [0.05, 0.1) is 11.8 Å². The number of amides is 1. The van der Waals surface area contributed by atoms with Gasteiger partial charge >= 0.3 is 0 Å². The second-order valence-corrected chi connectivity index (χ2v) is 7.49. The van der Waals surface area contributed by atoms with Crippen molar-refractivity contribution >= 4 is 29.3 Å². The molecule has 3 rings (SSSR count). The van der Waals surface area contributed by atoms with Crippen molar-refractivity contribution in [1.82, 2.24) is 20.2 Å². The average Bonchev–Trinajstić information content (AvgIpc) is 3.39. The van der Waals surface area contributed by atoms with Crippen molar-refractivity contribution in [1.29, 1.82) is 5.26 Å². The van der Waals surface area contributed by atoms with Crippen LogP contribution in [0.5, 0.6) is 0 Å². The highest BCUT2D eigenvalue weighted by molar-refractivity contribution is 7.99. The molecule has 1 fully saturated rings. The van der Waals surface area contributed by atoms with E-state index in [1.807, 2.05) is 0 Å². The van der Waals surface area contributed by atoms with E-state index in [9.17, 15) is 10.1 Å². The highest BCUT2D eigenvalue weighted by Gasteiger charge is 2.42. The molecule has 9 heteroatoms. The number of nitrogens with one attached hydrogen (secondary N) is 1. The molecule has 1 unspecified atom stereocenters. The van der Waals surface area contributed by atoms with E-state index in [4.69, 9.17) is 17.4 Å². The van der Waals surface area contributed by atoms with Gasteiger partial charge in [0.1, 0.15) is 5.54 Å². The zero-order valence-corrected chi connectivity index (χ0v) is 15.1. The Bertz CT molecular complexity index is 826.